The monoisotopic (exact) mass is 341 g/mol. The molecule has 0 bridgehead atoms. The number of rotatable bonds is 6. The van der Waals surface area contributed by atoms with Crippen molar-refractivity contribution in [3.05, 3.63) is 53.2 Å². The largest absolute Gasteiger partial charge is 0.236 e. The summed E-state index contributed by atoms with van der Waals surface area (Å²) in [6.07, 6.45) is 11.1. The van der Waals surface area contributed by atoms with E-state index in [9.17, 15) is 0 Å². The van der Waals surface area contributed by atoms with E-state index in [1.807, 2.05) is 18.2 Å². The molecule has 0 unspecified atom stereocenters. The molecular weight excluding hydrogens is 314 g/mol. The number of nitrogens with zero attached hydrogens (tertiary/aromatic N) is 1. The lowest BCUT2D eigenvalue weighted by molar-refractivity contribution is 0.303. The average molecular weight is 342 g/mol. The summed E-state index contributed by atoms with van der Waals surface area (Å²) < 4.78 is 0. The molecule has 0 aliphatic heterocycles. The van der Waals surface area contributed by atoms with Crippen LogP contribution >= 0.6 is 11.6 Å². The smallest absolute Gasteiger partial charge is 0.129 e. The Bertz CT molecular complexity index is 627. The molecule has 1 heterocycles. The number of halogens is 1. The van der Waals surface area contributed by atoms with Crippen molar-refractivity contribution in [3.8, 4) is 11.3 Å². The van der Waals surface area contributed by atoms with Gasteiger partial charge in [-0.25, -0.2) is 4.98 Å². The minimum atomic E-state index is 0.554. The predicted molar refractivity (Wildman–Crippen MR) is 104 cm³/mol. The molecule has 24 heavy (non-hydrogen) atoms. The van der Waals surface area contributed by atoms with E-state index in [-0.39, 0.29) is 0 Å². The number of aromatic nitrogens is 1. The quantitative estimate of drug-likeness (QED) is 0.398. The summed E-state index contributed by atoms with van der Waals surface area (Å²) in [5, 5.41) is 0.554. The molecule has 1 aromatic heterocycles. The number of hydrogen-bond acceptors (Lipinski definition) is 1. The molecule has 2 heteroatoms. The van der Waals surface area contributed by atoms with E-state index in [0.717, 1.165) is 23.1 Å². The van der Waals surface area contributed by atoms with Gasteiger partial charge >= 0.3 is 0 Å². The minimum absolute atomic E-state index is 0.554. The molecule has 0 saturated heterocycles. The molecular formula is C22H28ClN. The SMILES string of the molecule is CCCCC[C@H]1CC[C@H](c2ccc(-c3cccc(Cl)n3)cc2)CC1. The first-order chi connectivity index (χ1) is 11.8. The zero-order chi connectivity index (χ0) is 16.8. The Morgan fingerprint density at radius 1 is 0.958 bits per heavy atom. The maximum absolute atomic E-state index is 6.00. The average Bonchev–Trinajstić information content (AvgIpc) is 2.63. The molecule has 1 fully saturated rings. The van der Waals surface area contributed by atoms with Gasteiger partial charge in [0, 0.05) is 5.56 Å². The highest BCUT2D eigenvalue weighted by molar-refractivity contribution is 6.29. The van der Waals surface area contributed by atoms with Crippen LogP contribution in [0, 0.1) is 5.92 Å². The predicted octanol–water partition coefficient (Wildman–Crippen LogP) is 7.26. The standard InChI is InChI=1S/C22H28ClN/c1-2-3-4-6-17-9-11-18(12-10-17)19-13-15-20(16-14-19)21-7-5-8-22(23)24-21/h5,7-8,13-18H,2-4,6,9-12H2,1H3/t17-,18-. The van der Waals surface area contributed by atoms with Crippen LogP contribution in [-0.4, -0.2) is 4.98 Å². The Morgan fingerprint density at radius 3 is 2.38 bits per heavy atom. The lowest BCUT2D eigenvalue weighted by Crippen LogP contribution is -2.13. The Morgan fingerprint density at radius 2 is 1.71 bits per heavy atom. The lowest BCUT2D eigenvalue weighted by atomic mass is 9.77. The van der Waals surface area contributed by atoms with Crippen LogP contribution in [0.15, 0.2) is 42.5 Å². The third kappa shape index (κ3) is 4.60. The van der Waals surface area contributed by atoms with Crippen molar-refractivity contribution >= 4 is 11.6 Å². The van der Waals surface area contributed by atoms with E-state index in [1.165, 1.54) is 56.9 Å². The van der Waals surface area contributed by atoms with Gasteiger partial charge in [0.05, 0.1) is 5.69 Å². The van der Waals surface area contributed by atoms with Gasteiger partial charge in [0.15, 0.2) is 0 Å². The van der Waals surface area contributed by atoms with Gasteiger partial charge in [0.25, 0.3) is 0 Å². The fourth-order valence-electron chi connectivity index (χ4n) is 3.96. The third-order valence-electron chi connectivity index (χ3n) is 5.46. The van der Waals surface area contributed by atoms with Crippen molar-refractivity contribution < 1.29 is 0 Å². The van der Waals surface area contributed by atoms with Gasteiger partial charge in [0.2, 0.25) is 0 Å². The first-order valence-corrected chi connectivity index (χ1v) is 9.87. The van der Waals surface area contributed by atoms with Crippen LogP contribution in [0.4, 0.5) is 0 Å². The second kappa shape index (κ2) is 8.67. The van der Waals surface area contributed by atoms with E-state index in [0.29, 0.717) is 5.15 Å². The van der Waals surface area contributed by atoms with E-state index >= 15 is 0 Å². The summed E-state index contributed by atoms with van der Waals surface area (Å²) in [4.78, 5) is 4.40. The van der Waals surface area contributed by atoms with Crippen molar-refractivity contribution in [3.63, 3.8) is 0 Å². The van der Waals surface area contributed by atoms with Gasteiger partial charge < -0.3 is 0 Å². The fourth-order valence-corrected chi connectivity index (χ4v) is 4.13. The maximum atomic E-state index is 6.00. The zero-order valence-corrected chi connectivity index (χ0v) is 15.4. The van der Waals surface area contributed by atoms with Gasteiger partial charge in [0.1, 0.15) is 5.15 Å². The molecule has 2 aromatic rings. The van der Waals surface area contributed by atoms with E-state index in [1.54, 1.807) is 0 Å². The molecule has 0 spiro atoms. The first-order valence-electron chi connectivity index (χ1n) is 9.49. The van der Waals surface area contributed by atoms with Gasteiger partial charge in [-0.2, -0.15) is 0 Å². The highest BCUT2D eigenvalue weighted by Crippen LogP contribution is 2.38. The van der Waals surface area contributed by atoms with Gasteiger partial charge in [-0.05, 0) is 55.2 Å². The summed E-state index contributed by atoms with van der Waals surface area (Å²) in [5.41, 5.74) is 3.59. The molecule has 0 N–H and O–H groups in total. The Hall–Kier alpha value is -1.34. The van der Waals surface area contributed by atoms with Gasteiger partial charge in [-0.15, -0.1) is 0 Å². The number of pyridine rings is 1. The van der Waals surface area contributed by atoms with E-state index in [2.05, 4.69) is 36.2 Å². The molecule has 0 atom stereocenters. The molecule has 1 nitrogen and oxygen atoms in total. The first kappa shape index (κ1) is 17.5. The minimum Gasteiger partial charge on any atom is -0.236 e. The highest BCUT2D eigenvalue weighted by atomic mass is 35.5. The molecule has 128 valence electrons. The normalized spacial score (nSPS) is 20.9. The van der Waals surface area contributed by atoms with Crippen molar-refractivity contribution in [1.82, 2.24) is 4.98 Å². The van der Waals surface area contributed by atoms with E-state index in [4.69, 9.17) is 11.6 Å². The third-order valence-corrected chi connectivity index (χ3v) is 5.67. The fraction of sp³-hybridized carbons (Fsp3) is 0.500. The molecule has 1 saturated carbocycles. The van der Waals surface area contributed by atoms with Crippen LogP contribution < -0.4 is 0 Å². The summed E-state index contributed by atoms with van der Waals surface area (Å²) in [6, 6.07) is 14.8. The molecule has 1 aliphatic rings. The van der Waals surface area contributed by atoms with Crippen LogP contribution in [0.1, 0.15) is 69.8 Å². The van der Waals surface area contributed by atoms with Gasteiger partial charge in [-0.1, -0.05) is 74.5 Å². The van der Waals surface area contributed by atoms with Crippen LogP contribution in [0.5, 0.6) is 0 Å². The second-order valence-corrected chi connectivity index (χ2v) is 7.57. The maximum Gasteiger partial charge on any atom is 0.129 e. The number of hydrogen-bond donors (Lipinski definition) is 0. The highest BCUT2D eigenvalue weighted by Gasteiger charge is 2.22. The number of benzene rings is 1. The van der Waals surface area contributed by atoms with Crippen LogP contribution in [0.3, 0.4) is 0 Å². The lowest BCUT2D eigenvalue weighted by Gasteiger charge is -2.29. The van der Waals surface area contributed by atoms with Crippen molar-refractivity contribution in [2.45, 2.75) is 64.2 Å². The second-order valence-electron chi connectivity index (χ2n) is 7.18. The molecule has 1 aliphatic carbocycles. The Labute approximate surface area is 151 Å². The zero-order valence-electron chi connectivity index (χ0n) is 14.7. The van der Waals surface area contributed by atoms with Gasteiger partial charge in [-0.3, -0.25) is 0 Å². The molecule has 0 radical (unpaired) electrons. The van der Waals surface area contributed by atoms with Crippen molar-refractivity contribution in [2.75, 3.05) is 0 Å². The summed E-state index contributed by atoms with van der Waals surface area (Å²) >= 11 is 6.00. The van der Waals surface area contributed by atoms with E-state index < -0.39 is 0 Å². The number of unbranched alkanes of at least 4 members (excludes halogenated alkanes) is 2. The molecule has 3 rings (SSSR count). The van der Waals surface area contributed by atoms with Crippen LogP contribution in [0.2, 0.25) is 5.15 Å². The summed E-state index contributed by atoms with van der Waals surface area (Å²) in [7, 11) is 0. The van der Waals surface area contributed by atoms with Crippen LogP contribution in [-0.2, 0) is 0 Å². The van der Waals surface area contributed by atoms with Crippen LogP contribution in [0.25, 0.3) is 11.3 Å². The Kier molecular flexibility index (Phi) is 6.31. The topological polar surface area (TPSA) is 12.9 Å². The Balaban J connectivity index is 1.57. The van der Waals surface area contributed by atoms with Crippen molar-refractivity contribution in [1.29, 1.82) is 0 Å². The molecule has 1 aromatic carbocycles. The summed E-state index contributed by atoms with van der Waals surface area (Å²) in [6.45, 7) is 2.29. The summed E-state index contributed by atoms with van der Waals surface area (Å²) in [5.74, 6) is 1.72. The molecule has 0 amide bonds. The van der Waals surface area contributed by atoms with Crippen molar-refractivity contribution in [2.24, 2.45) is 5.92 Å².